The van der Waals surface area contributed by atoms with E-state index < -0.39 is 0 Å². The van der Waals surface area contributed by atoms with Crippen molar-refractivity contribution in [2.75, 3.05) is 10.7 Å². The first-order valence-corrected chi connectivity index (χ1v) is 7.35. The number of hydrogen-bond acceptors (Lipinski definition) is 5. The van der Waals surface area contributed by atoms with Crippen molar-refractivity contribution in [3.63, 3.8) is 0 Å². The molecule has 0 aliphatic rings. The van der Waals surface area contributed by atoms with Gasteiger partial charge < -0.3 is 10.7 Å². The van der Waals surface area contributed by atoms with E-state index in [0.29, 0.717) is 28.2 Å². The Labute approximate surface area is 125 Å². The van der Waals surface area contributed by atoms with E-state index >= 15 is 0 Å². The smallest absolute Gasteiger partial charge is 0.161 e. The Kier molecular flexibility index (Phi) is 4.87. The van der Waals surface area contributed by atoms with Crippen LogP contribution >= 0.6 is 34.5 Å². The third-order valence-corrected chi connectivity index (χ3v) is 4.37. The number of thiophene rings is 1. The Hall–Kier alpha value is -1.01. The van der Waals surface area contributed by atoms with E-state index in [9.17, 15) is 0 Å². The number of anilines is 2. The minimum atomic E-state index is 0.391. The number of pyridine rings is 1. The van der Waals surface area contributed by atoms with Crippen molar-refractivity contribution >= 4 is 46.2 Å². The second kappa shape index (κ2) is 6.43. The van der Waals surface area contributed by atoms with E-state index in [1.165, 1.54) is 9.75 Å². The van der Waals surface area contributed by atoms with Crippen LogP contribution in [0, 0.1) is 0 Å². The number of rotatable bonds is 5. The lowest BCUT2D eigenvalue weighted by Crippen LogP contribution is -2.11. The molecule has 0 aliphatic heterocycles. The topological polar surface area (TPSA) is 63.0 Å². The zero-order valence-corrected chi connectivity index (χ0v) is 12.7. The van der Waals surface area contributed by atoms with Crippen molar-refractivity contribution < 1.29 is 0 Å². The number of nitrogens with zero attached hydrogens (tertiary/aromatic N) is 1. The van der Waals surface area contributed by atoms with Crippen LogP contribution in [0.4, 0.5) is 11.6 Å². The molecule has 0 amide bonds. The van der Waals surface area contributed by atoms with E-state index in [-0.39, 0.29) is 0 Å². The third-order valence-electron chi connectivity index (χ3n) is 2.56. The fourth-order valence-electron chi connectivity index (χ4n) is 1.57. The van der Waals surface area contributed by atoms with Crippen LogP contribution in [0.5, 0.6) is 0 Å². The molecule has 2 aromatic heterocycles. The summed E-state index contributed by atoms with van der Waals surface area (Å²) in [4.78, 5) is 6.81. The van der Waals surface area contributed by atoms with Crippen LogP contribution in [0.25, 0.3) is 0 Å². The molecule has 0 atom stereocenters. The summed E-state index contributed by atoms with van der Waals surface area (Å²) in [5.74, 6) is 6.29. The second-order valence-corrected chi connectivity index (χ2v) is 5.94. The van der Waals surface area contributed by atoms with Crippen molar-refractivity contribution in [3.05, 3.63) is 38.0 Å². The van der Waals surface area contributed by atoms with Gasteiger partial charge in [0.05, 0.1) is 16.6 Å². The van der Waals surface area contributed by atoms with E-state index in [4.69, 9.17) is 29.0 Å². The van der Waals surface area contributed by atoms with Crippen LogP contribution in [-0.4, -0.2) is 4.98 Å². The highest BCUT2D eigenvalue weighted by Gasteiger charge is 2.08. The molecule has 19 heavy (non-hydrogen) atoms. The molecule has 0 saturated carbocycles. The lowest BCUT2D eigenvalue weighted by Gasteiger charge is -2.09. The Morgan fingerprint density at radius 1 is 1.21 bits per heavy atom. The number of nitrogens with two attached hydrogens (primary N) is 1. The minimum Gasteiger partial charge on any atom is -0.364 e. The summed E-state index contributed by atoms with van der Waals surface area (Å²) >= 11 is 13.8. The van der Waals surface area contributed by atoms with Gasteiger partial charge in [-0.1, -0.05) is 30.1 Å². The molecule has 0 fully saturated rings. The highest BCUT2D eigenvalue weighted by molar-refractivity contribution is 7.12. The number of nitrogens with one attached hydrogen (secondary N) is 2. The molecule has 102 valence electrons. The SMILES string of the molecule is CCc1ccc(CNc2nc(NN)c(Cl)cc2Cl)s1. The van der Waals surface area contributed by atoms with Crippen LogP contribution < -0.4 is 16.6 Å². The van der Waals surface area contributed by atoms with Crippen molar-refractivity contribution in [1.82, 2.24) is 4.98 Å². The number of nitrogen functional groups attached to an aromatic ring is 1. The van der Waals surface area contributed by atoms with Crippen LogP contribution in [0.1, 0.15) is 16.7 Å². The molecule has 0 bridgehead atoms. The van der Waals surface area contributed by atoms with Gasteiger partial charge in [0.1, 0.15) is 5.82 Å². The Morgan fingerprint density at radius 2 is 1.89 bits per heavy atom. The summed E-state index contributed by atoms with van der Waals surface area (Å²) < 4.78 is 0. The lowest BCUT2D eigenvalue weighted by molar-refractivity contribution is 1.13. The van der Waals surface area contributed by atoms with Gasteiger partial charge in [0.25, 0.3) is 0 Å². The maximum Gasteiger partial charge on any atom is 0.161 e. The molecule has 4 N–H and O–H groups in total. The van der Waals surface area contributed by atoms with Crippen molar-refractivity contribution in [2.45, 2.75) is 19.9 Å². The minimum absolute atomic E-state index is 0.391. The van der Waals surface area contributed by atoms with E-state index in [0.717, 1.165) is 6.42 Å². The van der Waals surface area contributed by atoms with Gasteiger partial charge in [0.15, 0.2) is 5.82 Å². The van der Waals surface area contributed by atoms with E-state index in [2.05, 4.69) is 34.8 Å². The number of hydrogen-bond donors (Lipinski definition) is 3. The number of halogens is 2. The number of aryl methyl sites for hydroxylation is 1. The lowest BCUT2D eigenvalue weighted by atomic mass is 10.3. The monoisotopic (exact) mass is 316 g/mol. The van der Waals surface area contributed by atoms with Gasteiger partial charge in [-0.2, -0.15) is 0 Å². The van der Waals surface area contributed by atoms with Crippen LogP contribution in [0.3, 0.4) is 0 Å². The molecule has 2 aromatic rings. The third kappa shape index (κ3) is 3.51. The maximum absolute atomic E-state index is 6.08. The Morgan fingerprint density at radius 3 is 2.53 bits per heavy atom. The average Bonchev–Trinajstić information content (AvgIpc) is 2.86. The fraction of sp³-hybridized carbons (Fsp3) is 0.250. The van der Waals surface area contributed by atoms with Gasteiger partial charge in [0.2, 0.25) is 0 Å². The quantitative estimate of drug-likeness (QED) is 0.578. The van der Waals surface area contributed by atoms with Crippen LogP contribution in [-0.2, 0) is 13.0 Å². The first-order valence-electron chi connectivity index (χ1n) is 5.78. The van der Waals surface area contributed by atoms with Gasteiger partial charge >= 0.3 is 0 Å². The Bertz CT molecular complexity index is 571. The van der Waals surface area contributed by atoms with Gasteiger partial charge in [-0.3, -0.25) is 0 Å². The standard InChI is InChI=1S/C12H14Cl2N4S/c1-2-7-3-4-8(19-7)6-16-11-9(13)5-10(14)12(17-11)18-15/h3-5H,2,6,15H2,1H3,(H2,16,17,18). The zero-order valence-electron chi connectivity index (χ0n) is 10.3. The molecule has 0 spiro atoms. The molecule has 0 aromatic carbocycles. The van der Waals surface area contributed by atoms with Gasteiger partial charge in [-0.05, 0) is 24.6 Å². The molecule has 7 heteroatoms. The summed E-state index contributed by atoms with van der Waals surface area (Å²) in [7, 11) is 0. The van der Waals surface area contributed by atoms with Crippen LogP contribution in [0.2, 0.25) is 10.0 Å². The van der Waals surface area contributed by atoms with Gasteiger partial charge in [0, 0.05) is 9.75 Å². The van der Waals surface area contributed by atoms with Gasteiger partial charge in [-0.15, -0.1) is 11.3 Å². The first-order chi connectivity index (χ1) is 9.13. The molecule has 4 nitrogen and oxygen atoms in total. The van der Waals surface area contributed by atoms with E-state index in [1.807, 2.05) is 0 Å². The number of aromatic nitrogens is 1. The molecule has 0 unspecified atom stereocenters. The highest BCUT2D eigenvalue weighted by atomic mass is 35.5. The summed E-state index contributed by atoms with van der Waals surface area (Å²) in [5, 5.41) is 4.04. The Balaban J connectivity index is 2.10. The van der Waals surface area contributed by atoms with Crippen molar-refractivity contribution in [3.8, 4) is 0 Å². The zero-order chi connectivity index (χ0) is 13.8. The molecular formula is C12H14Cl2N4S. The van der Waals surface area contributed by atoms with Crippen molar-refractivity contribution in [2.24, 2.45) is 5.84 Å². The average molecular weight is 317 g/mol. The largest absolute Gasteiger partial charge is 0.364 e. The molecule has 0 saturated heterocycles. The summed E-state index contributed by atoms with van der Waals surface area (Å²) in [5.41, 5.74) is 2.44. The summed E-state index contributed by atoms with van der Waals surface area (Å²) in [6, 6.07) is 5.84. The highest BCUT2D eigenvalue weighted by Crippen LogP contribution is 2.29. The van der Waals surface area contributed by atoms with Crippen molar-refractivity contribution in [1.29, 1.82) is 0 Å². The summed E-state index contributed by atoms with van der Waals surface area (Å²) in [6.45, 7) is 2.81. The second-order valence-electron chi connectivity index (χ2n) is 3.87. The first kappa shape index (κ1) is 14.4. The van der Waals surface area contributed by atoms with E-state index in [1.54, 1.807) is 17.4 Å². The van der Waals surface area contributed by atoms with Gasteiger partial charge in [-0.25, -0.2) is 10.8 Å². The molecule has 2 rings (SSSR count). The normalized spacial score (nSPS) is 10.5. The molecule has 2 heterocycles. The summed E-state index contributed by atoms with van der Waals surface area (Å²) in [6.07, 6.45) is 1.05. The molecular weight excluding hydrogens is 303 g/mol. The predicted molar refractivity (Wildman–Crippen MR) is 83.1 cm³/mol. The van der Waals surface area contributed by atoms with Crippen LogP contribution in [0.15, 0.2) is 18.2 Å². The number of hydrazine groups is 1. The molecule has 0 radical (unpaired) electrons. The molecule has 0 aliphatic carbocycles. The maximum atomic E-state index is 6.08. The fourth-order valence-corrected chi connectivity index (χ4v) is 2.95. The predicted octanol–water partition coefficient (Wildman–Crippen LogP) is 3.91.